The number of anilines is 2. The lowest BCUT2D eigenvalue weighted by Crippen LogP contribution is -2.46. The van der Waals surface area contributed by atoms with Crippen LogP contribution in [0.1, 0.15) is 46.5 Å². The molecule has 0 bridgehead atoms. The van der Waals surface area contributed by atoms with Gasteiger partial charge >= 0.3 is 8.80 Å². The second kappa shape index (κ2) is 15.4. The molecule has 0 heterocycles. The number of carbonyl (C=O) groups is 1. The van der Waals surface area contributed by atoms with Crippen LogP contribution in [0.25, 0.3) is 11.1 Å². The molecule has 186 valence electrons. The van der Waals surface area contributed by atoms with E-state index in [9.17, 15) is 4.79 Å². The van der Waals surface area contributed by atoms with Gasteiger partial charge in [0.2, 0.25) is 5.91 Å². The molecule has 0 atom stereocenters. The second-order valence-corrected chi connectivity index (χ2v) is 10.8. The molecule has 0 aliphatic heterocycles. The Kier molecular flexibility index (Phi) is 12.6. The van der Waals surface area contributed by atoms with Crippen molar-refractivity contribution in [3.8, 4) is 11.1 Å². The van der Waals surface area contributed by atoms with E-state index in [2.05, 4.69) is 50.1 Å². The number of nitrogens with one attached hydrogen (secondary N) is 2. The molecular weight excluding hydrogens is 444 g/mol. The van der Waals surface area contributed by atoms with Gasteiger partial charge in [0.05, 0.1) is 0 Å². The third-order valence-electron chi connectivity index (χ3n) is 5.13. The molecule has 2 N–H and O–H groups in total. The summed E-state index contributed by atoms with van der Waals surface area (Å²) < 4.78 is 18.6. The topological polar surface area (TPSA) is 68.8 Å². The van der Waals surface area contributed by atoms with Gasteiger partial charge < -0.3 is 23.9 Å². The molecule has 0 aliphatic carbocycles. The summed E-state index contributed by atoms with van der Waals surface area (Å²) in [7, 11) is -2.68. The van der Waals surface area contributed by atoms with Crippen molar-refractivity contribution >= 4 is 26.1 Å². The van der Waals surface area contributed by atoms with Gasteiger partial charge in [-0.1, -0.05) is 57.7 Å². The summed E-state index contributed by atoms with van der Waals surface area (Å²) >= 11 is 0. The van der Waals surface area contributed by atoms with Crippen molar-refractivity contribution in [2.45, 2.75) is 52.5 Å². The molecule has 6 nitrogen and oxygen atoms in total. The van der Waals surface area contributed by atoms with E-state index in [-0.39, 0.29) is 5.91 Å². The Bertz CT molecular complexity index is 851. The molecule has 0 aromatic heterocycles. The van der Waals surface area contributed by atoms with Crippen molar-refractivity contribution in [2.24, 2.45) is 0 Å². The normalized spacial score (nSPS) is 11.3. The Morgan fingerprint density at radius 3 is 2.06 bits per heavy atom. The van der Waals surface area contributed by atoms with E-state index in [1.807, 2.05) is 36.4 Å². The first-order chi connectivity index (χ1) is 16.6. The lowest BCUT2D eigenvalue weighted by molar-refractivity contribution is -0.111. The minimum Gasteiger partial charge on any atom is -0.385 e. The van der Waals surface area contributed by atoms with Crippen LogP contribution < -0.4 is 10.6 Å². The monoisotopic (exact) mass is 484 g/mol. The van der Waals surface area contributed by atoms with Crippen molar-refractivity contribution in [3.63, 3.8) is 0 Å². The fourth-order valence-electron chi connectivity index (χ4n) is 3.46. The third-order valence-corrected chi connectivity index (χ3v) is 8.03. The maximum absolute atomic E-state index is 11.5. The fraction of sp³-hybridized carbons (Fsp3) is 0.444. The average molecular weight is 485 g/mol. The Morgan fingerprint density at radius 1 is 0.912 bits per heavy atom. The highest BCUT2D eigenvalue weighted by atomic mass is 28.4. The minimum atomic E-state index is -2.68. The van der Waals surface area contributed by atoms with Crippen LogP contribution in [-0.4, -0.2) is 41.1 Å². The van der Waals surface area contributed by atoms with Crippen LogP contribution in [0.15, 0.2) is 61.2 Å². The second-order valence-electron chi connectivity index (χ2n) is 8.08. The highest BCUT2D eigenvalue weighted by Gasteiger charge is 2.40. The van der Waals surface area contributed by atoms with Gasteiger partial charge in [-0.3, -0.25) is 4.79 Å². The Balaban J connectivity index is 2.03. The van der Waals surface area contributed by atoms with Crippen molar-refractivity contribution in [1.29, 1.82) is 0 Å². The predicted octanol–water partition coefficient (Wildman–Crippen LogP) is 6.50. The molecule has 0 radical (unpaired) electrons. The van der Waals surface area contributed by atoms with Crippen LogP contribution in [-0.2, 0) is 18.1 Å². The van der Waals surface area contributed by atoms with E-state index in [1.165, 1.54) is 6.08 Å². The molecule has 0 saturated heterocycles. The van der Waals surface area contributed by atoms with Crippen LogP contribution in [0.2, 0.25) is 6.04 Å². The van der Waals surface area contributed by atoms with Crippen molar-refractivity contribution in [1.82, 2.24) is 0 Å². The minimum absolute atomic E-state index is 0.219. The van der Waals surface area contributed by atoms with Crippen LogP contribution in [0, 0.1) is 0 Å². The molecule has 2 aromatic carbocycles. The lowest BCUT2D eigenvalue weighted by atomic mass is 10.0. The molecule has 2 aromatic rings. The summed E-state index contributed by atoms with van der Waals surface area (Å²) in [6, 6.07) is 16.8. The summed E-state index contributed by atoms with van der Waals surface area (Å²) in [5.41, 5.74) is 3.99. The standard InChI is InChI=1S/C27H40N2O4Si/c1-5-19-31-34(32-20-6-2,33-21-7-3)22-11-18-28-26-13-10-9-12-25(26)23-14-16-24(17-15-23)29-27(30)8-4/h8-10,12-17,28H,4-7,11,18-22H2,1-3H3,(H,29,30). The number of amides is 1. The van der Waals surface area contributed by atoms with Crippen LogP contribution in [0.5, 0.6) is 0 Å². The largest absolute Gasteiger partial charge is 0.501 e. The van der Waals surface area contributed by atoms with E-state index in [4.69, 9.17) is 13.3 Å². The quantitative estimate of drug-likeness (QED) is 0.152. The van der Waals surface area contributed by atoms with Gasteiger partial charge in [-0.25, -0.2) is 0 Å². The number of hydrogen-bond donors (Lipinski definition) is 2. The molecule has 0 fully saturated rings. The van der Waals surface area contributed by atoms with Crippen molar-refractivity contribution in [3.05, 3.63) is 61.2 Å². The number of carbonyl (C=O) groups excluding carboxylic acids is 1. The molecule has 34 heavy (non-hydrogen) atoms. The van der Waals surface area contributed by atoms with Gasteiger partial charge in [0, 0.05) is 49.3 Å². The van der Waals surface area contributed by atoms with Gasteiger partial charge in [-0.2, -0.15) is 0 Å². The Morgan fingerprint density at radius 2 is 1.50 bits per heavy atom. The Hall–Kier alpha value is -2.45. The zero-order valence-corrected chi connectivity index (χ0v) is 21.9. The summed E-state index contributed by atoms with van der Waals surface area (Å²) in [5, 5.41) is 6.36. The molecule has 0 saturated carbocycles. The number of benzene rings is 2. The van der Waals surface area contributed by atoms with Gasteiger partial charge in [0.1, 0.15) is 0 Å². The maximum atomic E-state index is 11.5. The number of rotatable bonds is 17. The van der Waals surface area contributed by atoms with E-state index in [1.54, 1.807) is 0 Å². The first-order valence-electron chi connectivity index (χ1n) is 12.4. The Labute approximate surface area is 206 Å². The van der Waals surface area contributed by atoms with Gasteiger partial charge in [-0.15, -0.1) is 0 Å². The van der Waals surface area contributed by atoms with Gasteiger partial charge in [0.15, 0.2) is 0 Å². The first-order valence-corrected chi connectivity index (χ1v) is 14.3. The van der Waals surface area contributed by atoms with Gasteiger partial charge in [0.25, 0.3) is 0 Å². The van der Waals surface area contributed by atoms with E-state index >= 15 is 0 Å². The number of para-hydroxylation sites is 1. The third kappa shape index (κ3) is 9.06. The molecule has 0 unspecified atom stereocenters. The van der Waals surface area contributed by atoms with E-state index < -0.39 is 8.80 Å². The van der Waals surface area contributed by atoms with Crippen LogP contribution >= 0.6 is 0 Å². The smallest absolute Gasteiger partial charge is 0.385 e. The summed E-state index contributed by atoms with van der Waals surface area (Å²) in [4.78, 5) is 11.5. The first kappa shape index (κ1) is 27.8. The average Bonchev–Trinajstić information content (AvgIpc) is 2.87. The summed E-state index contributed by atoms with van der Waals surface area (Å²) in [6.45, 7) is 12.6. The van der Waals surface area contributed by atoms with Crippen molar-refractivity contribution < 1.29 is 18.1 Å². The molecule has 2 rings (SSSR count). The van der Waals surface area contributed by atoms with Crippen LogP contribution in [0.3, 0.4) is 0 Å². The zero-order valence-electron chi connectivity index (χ0n) is 20.9. The van der Waals surface area contributed by atoms with Gasteiger partial charge in [-0.05, 0) is 55.5 Å². The zero-order chi connectivity index (χ0) is 24.7. The van der Waals surface area contributed by atoms with E-state index in [0.717, 1.165) is 60.8 Å². The fourth-order valence-corrected chi connectivity index (χ4v) is 6.30. The molecular formula is C27H40N2O4Si. The molecule has 7 heteroatoms. The van der Waals surface area contributed by atoms with Crippen LogP contribution in [0.4, 0.5) is 11.4 Å². The lowest BCUT2D eigenvalue weighted by Gasteiger charge is -2.29. The predicted molar refractivity (Wildman–Crippen MR) is 143 cm³/mol. The van der Waals surface area contributed by atoms with E-state index in [0.29, 0.717) is 19.8 Å². The highest BCUT2D eigenvalue weighted by Crippen LogP contribution is 2.29. The molecule has 1 amide bonds. The molecule has 0 spiro atoms. The van der Waals surface area contributed by atoms with Crippen molar-refractivity contribution in [2.75, 3.05) is 37.0 Å². The molecule has 0 aliphatic rings. The maximum Gasteiger partial charge on any atom is 0.501 e. The highest BCUT2D eigenvalue weighted by molar-refractivity contribution is 6.60. The number of hydrogen-bond acceptors (Lipinski definition) is 5. The summed E-state index contributed by atoms with van der Waals surface area (Å²) in [5.74, 6) is -0.219. The SMILES string of the molecule is C=CC(=O)Nc1ccc(-c2ccccc2NCCC[Si](OCCC)(OCCC)OCCC)cc1. The summed E-state index contributed by atoms with van der Waals surface area (Å²) in [6.07, 6.45) is 4.99.